The predicted molar refractivity (Wildman–Crippen MR) is 59.0 cm³/mol. The van der Waals surface area contributed by atoms with Crippen molar-refractivity contribution in [3.63, 3.8) is 0 Å². The standard InChI is InChI=1S/C11H7F4NO2S/c1-2-18-10(17)7-4-8(12)9(3-6(7)5-16)19-11(13,14)15/h3-4H,2H2,1H3. The van der Waals surface area contributed by atoms with Crippen LogP contribution in [0.3, 0.4) is 0 Å². The fraction of sp³-hybridized carbons (Fsp3) is 0.273. The Bertz CT molecular complexity index is 537. The van der Waals surface area contributed by atoms with Gasteiger partial charge in [0.25, 0.3) is 0 Å². The Kier molecular flexibility index (Phi) is 4.78. The first-order valence-corrected chi connectivity index (χ1v) is 5.76. The summed E-state index contributed by atoms with van der Waals surface area (Å²) < 4.78 is 54.5. The Morgan fingerprint density at radius 1 is 1.47 bits per heavy atom. The lowest BCUT2D eigenvalue weighted by Crippen LogP contribution is -2.09. The number of hydrogen-bond acceptors (Lipinski definition) is 4. The van der Waals surface area contributed by atoms with Gasteiger partial charge in [-0.25, -0.2) is 9.18 Å². The molecule has 0 aliphatic rings. The number of carbonyl (C=O) groups is 1. The zero-order valence-corrected chi connectivity index (χ0v) is 10.4. The van der Waals surface area contributed by atoms with Gasteiger partial charge in [0, 0.05) is 0 Å². The van der Waals surface area contributed by atoms with E-state index >= 15 is 0 Å². The summed E-state index contributed by atoms with van der Waals surface area (Å²) in [6.07, 6.45) is 0. The number of nitriles is 1. The largest absolute Gasteiger partial charge is 0.462 e. The van der Waals surface area contributed by atoms with Crippen LogP contribution < -0.4 is 0 Å². The van der Waals surface area contributed by atoms with Gasteiger partial charge in [-0.05, 0) is 30.8 Å². The number of hydrogen-bond donors (Lipinski definition) is 0. The molecular weight excluding hydrogens is 286 g/mol. The maximum atomic E-state index is 13.5. The number of halogens is 4. The lowest BCUT2D eigenvalue weighted by Gasteiger charge is -2.09. The summed E-state index contributed by atoms with van der Waals surface area (Å²) in [5.74, 6) is -2.19. The molecule has 8 heteroatoms. The van der Waals surface area contributed by atoms with Gasteiger partial charge in [0.2, 0.25) is 0 Å². The quantitative estimate of drug-likeness (QED) is 0.486. The van der Waals surface area contributed by atoms with Crippen molar-refractivity contribution in [1.29, 1.82) is 5.26 Å². The molecule has 0 saturated carbocycles. The van der Waals surface area contributed by atoms with Crippen LogP contribution in [0.2, 0.25) is 0 Å². The highest BCUT2D eigenvalue weighted by Gasteiger charge is 2.31. The fourth-order valence-corrected chi connectivity index (χ4v) is 1.81. The number of benzene rings is 1. The summed E-state index contributed by atoms with van der Waals surface area (Å²) in [6, 6.07) is 2.79. The number of esters is 1. The summed E-state index contributed by atoms with van der Waals surface area (Å²) in [5.41, 5.74) is -5.45. The number of ether oxygens (including phenoxy) is 1. The number of rotatable bonds is 3. The van der Waals surface area contributed by atoms with Crippen molar-refractivity contribution >= 4 is 17.7 Å². The van der Waals surface area contributed by atoms with E-state index in [0.717, 1.165) is 0 Å². The molecule has 3 nitrogen and oxygen atoms in total. The van der Waals surface area contributed by atoms with Crippen LogP contribution in [0.15, 0.2) is 17.0 Å². The molecular formula is C11H7F4NO2S. The molecule has 0 atom stereocenters. The van der Waals surface area contributed by atoms with Gasteiger partial charge >= 0.3 is 11.5 Å². The van der Waals surface area contributed by atoms with Gasteiger partial charge in [-0.1, -0.05) is 0 Å². The maximum absolute atomic E-state index is 13.5. The minimum Gasteiger partial charge on any atom is -0.462 e. The minimum absolute atomic E-state index is 0.00434. The average Bonchev–Trinajstić information content (AvgIpc) is 2.29. The predicted octanol–water partition coefficient (Wildman–Crippen LogP) is 3.49. The topological polar surface area (TPSA) is 50.1 Å². The number of thioether (sulfide) groups is 1. The first-order chi connectivity index (χ1) is 8.78. The monoisotopic (exact) mass is 293 g/mol. The first kappa shape index (κ1) is 15.3. The summed E-state index contributed by atoms with van der Waals surface area (Å²) in [5, 5.41) is 8.78. The Hall–Kier alpha value is -1.75. The van der Waals surface area contributed by atoms with Crippen molar-refractivity contribution in [2.24, 2.45) is 0 Å². The van der Waals surface area contributed by atoms with Gasteiger partial charge in [-0.15, -0.1) is 0 Å². The van der Waals surface area contributed by atoms with E-state index in [0.29, 0.717) is 12.1 Å². The molecule has 0 amide bonds. The molecule has 0 spiro atoms. The van der Waals surface area contributed by atoms with Crippen molar-refractivity contribution in [2.45, 2.75) is 17.3 Å². The molecule has 0 unspecified atom stereocenters. The van der Waals surface area contributed by atoms with Crippen LogP contribution in [0.4, 0.5) is 17.6 Å². The zero-order valence-electron chi connectivity index (χ0n) is 9.55. The second-order valence-corrected chi connectivity index (χ2v) is 4.32. The van der Waals surface area contributed by atoms with Gasteiger partial charge in [0.1, 0.15) is 11.9 Å². The van der Waals surface area contributed by atoms with E-state index in [2.05, 4.69) is 4.74 Å². The van der Waals surface area contributed by atoms with Crippen molar-refractivity contribution in [3.8, 4) is 6.07 Å². The summed E-state index contributed by atoms with van der Waals surface area (Å²) >= 11 is -0.688. The first-order valence-electron chi connectivity index (χ1n) is 4.95. The van der Waals surface area contributed by atoms with E-state index in [1.54, 1.807) is 6.07 Å². The molecule has 0 aliphatic heterocycles. The summed E-state index contributed by atoms with van der Waals surface area (Å²) in [7, 11) is 0. The molecule has 0 heterocycles. The lowest BCUT2D eigenvalue weighted by molar-refractivity contribution is -0.0329. The Labute approximate surface area is 110 Å². The molecule has 0 fully saturated rings. The van der Waals surface area contributed by atoms with E-state index in [-0.39, 0.29) is 12.2 Å². The molecule has 0 saturated heterocycles. The minimum atomic E-state index is -4.68. The van der Waals surface area contributed by atoms with Crippen molar-refractivity contribution in [2.75, 3.05) is 6.61 Å². The van der Waals surface area contributed by atoms with Crippen LogP contribution in [0.5, 0.6) is 0 Å². The van der Waals surface area contributed by atoms with Crippen LogP contribution in [0.25, 0.3) is 0 Å². The maximum Gasteiger partial charge on any atom is 0.446 e. The number of nitrogens with zero attached hydrogens (tertiary/aromatic N) is 1. The smallest absolute Gasteiger partial charge is 0.446 e. The van der Waals surface area contributed by atoms with Crippen LogP contribution in [0.1, 0.15) is 22.8 Å². The summed E-state index contributed by atoms with van der Waals surface area (Å²) in [6.45, 7) is 1.51. The molecule has 1 aromatic rings. The Balaban J connectivity index is 3.22. The van der Waals surface area contributed by atoms with E-state index in [9.17, 15) is 22.4 Å². The molecule has 0 radical (unpaired) electrons. The normalized spacial score (nSPS) is 10.9. The van der Waals surface area contributed by atoms with Crippen LogP contribution >= 0.6 is 11.8 Å². The van der Waals surface area contributed by atoms with Gasteiger partial charge in [0.05, 0.1) is 22.6 Å². The Morgan fingerprint density at radius 3 is 2.58 bits per heavy atom. The summed E-state index contributed by atoms with van der Waals surface area (Å²) in [4.78, 5) is 10.6. The molecule has 0 aromatic heterocycles. The third kappa shape index (κ3) is 4.13. The van der Waals surface area contributed by atoms with E-state index in [1.807, 2.05) is 0 Å². The van der Waals surface area contributed by atoms with Crippen molar-refractivity contribution in [3.05, 3.63) is 29.1 Å². The SMILES string of the molecule is CCOC(=O)c1cc(F)c(SC(F)(F)F)cc1C#N. The number of alkyl halides is 3. The second-order valence-electron chi connectivity index (χ2n) is 3.21. The third-order valence-corrected chi connectivity index (χ3v) is 2.68. The molecule has 102 valence electrons. The van der Waals surface area contributed by atoms with Crippen LogP contribution in [0, 0.1) is 17.1 Å². The second kappa shape index (κ2) is 5.93. The molecule has 0 bridgehead atoms. The highest BCUT2D eigenvalue weighted by atomic mass is 32.2. The number of carbonyl (C=O) groups excluding carboxylic acids is 1. The lowest BCUT2D eigenvalue weighted by atomic mass is 10.1. The van der Waals surface area contributed by atoms with Gasteiger partial charge in [0.15, 0.2) is 0 Å². The van der Waals surface area contributed by atoms with E-state index in [4.69, 9.17) is 5.26 Å². The van der Waals surface area contributed by atoms with Gasteiger partial charge in [-0.3, -0.25) is 0 Å². The fourth-order valence-electron chi connectivity index (χ4n) is 1.23. The molecule has 19 heavy (non-hydrogen) atoms. The zero-order chi connectivity index (χ0) is 14.6. The Morgan fingerprint density at radius 2 is 2.11 bits per heavy atom. The molecule has 1 rings (SSSR count). The highest BCUT2D eigenvalue weighted by Crippen LogP contribution is 2.39. The highest BCUT2D eigenvalue weighted by molar-refractivity contribution is 8.00. The van der Waals surface area contributed by atoms with Crippen molar-refractivity contribution < 1.29 is 27.1 Å². The van der Waals surface area contributed by atoms with Crippen LogP contribution in [-0.2, 0) is 4.74 Å². The van der Waals surface area contributed by atoms with Crippen molar-refractivity contribution in [1.82, 2.24) is 0 Å². The van der Waals surface area contributed by atoms with E-state index < -0.39 is 39.5 Å². The van der Waals surface area contributed by atoms with Gasteiger partial charge < -0.3 is 4.74 Å². The molecule has 0 aliphatic carbocycles. The van der Waals surface area contributed by atoms with Crippen LogP contribution in [-0.4, -0.2) is 18.1 Å². The van der Waals surface area contributed by atoms with E-state index in [1.165, 1.54) is 6.92 Å². The molecule has 1 aromatic carbocycles. The average molecular weight is 293 g/mol. The third-order valence-electron chi connectivity index (χ3n) is 1.91. The molecule has 0 N–H and O–H groups in total. The van der Waals surface area contributed by atoms with Gasteiger partial charge in [-0.2, -0.15) is 18.4 Å².